The highest BCUT2D eigenvalue weighted by atomic mass is 19.1. The Morgan fingerprint density at radius 1 is 1.00 bits per heavy atom. The maximum atomic E-state index is 13.0. The zero-order valence-electron chi connectivity index (χ0n) is 15.5. The van der Waals surface area contributed by atoms with E-state index in [9.17, 15) is 9.18 Å². The molecule has 0 aromatic heterocycles. The van der Waals surface area contributed by atoms with E-state index in [-0.39, 0.29) is 11.8 Å². The zero-order chi connectivity index (χ0) is 18.6. The summed E-state index contributed by atoms with van der Waals surface area (Å²) in [6, 6.07) is 14.5. The number of anilines is 1. The molecule has 1 fully saturated rings. The summed E-state index contributed by atoms with van der Waals surface area (Å²) in [6.07, 6.45) is 3.21. The second kappa shape index (κ2) is 8.09. The summed E-state index contributed by atoms with van der Waals surface area (Å²) >= 11 is 0. The average Bonchev–Trinajstić information content (AvgIpc) is 2.70. The Hall–Kier alpha value is -2.40. The topological polar surface area (TPSA) is 35.6 Å². The maximum Gasteiger partial charge on any atom is 0.321 e. The van der Waals surface area contributed by atoms with Crippen LogP contribution in [0.2, 0.25) is 0 Å². The van der Waals surface area contributed by atoms with Gasteiger partial charge in [0.15, 0.2) is 0 Å². The Balaban J connectivity index is 1.24. The van der Waals surface area contributed by atoms with Crippen molar-refractivity contribution >= 4 is 11.7 Å². The predicted octanol–water partition coefficient (Wildman–Crippen LogP) is 4.13. The summed E-state index contributed by atoms with van der Waals surface area (Å²) in [6.45, 7) is 4.84. The lowest BCUT2D eigenvalue weighted by Crippen LogP contribution is -2.44. The number of fused-ring (bicyclic) bond motifs is 1. The van der Waals surface area contributed by atoms with Gasteiger partial charge in [0, 0.05) is 38.4 Å². The molecule has 4 nitrogen and oxygen atoms in total. The van der Waals surface area contributed by atoms with Crippen molar-refractivity contribution in [2.75, 3.05) is 31.5 Å². The Bertz CT molecular complexity index is 784. The zero-order valence-corrected chi connectivity index (χ0v) is 15.5. The number of hydrogen-bond donors (Lipinski definition) is 1. The quantitative estimate of drug-likeness (QED) is 0.885. The monoisotopic (exact) mass is 367 g/mol. The van der Waals surface area contributed by atoms with Crippen molar-refractivity contribution in [3.05, 3.63) is 65.5 Å². The second-order valence-corrected chi connectivity index (χ2v) is 7.62. The normalized spacial score (nSPS) is 18.2. The first-order valence-corrected chi connectivity index (χ1v) is 9.78. The molecule has 4 rings (SSSR count). The van der Waals surface area contributed by atoms with Crippen LogP contribution in [-0.4, -0.2) is 42.0 Å². The van der Waals surface area contributed by atoms with E-state index in [2.05, 4.69) is 34.5 Å². The molecule has 0 bridgehead atoms. The first-order chi connectivity index (χ1) is 13.2. The summed E-state index contributed by atoms with van der Waals surface area (Å²) in [5, 5.41) is 2.86. The van der Waals surface area contributed by atoms with Crippen molar-refractivity contribution in [1.82, 2.24) is 9.80 Å². The summed E-state index contributed by atoms with van der Waals surface area (Å²) in [5.74, 6) is 0.347. The lowest BCUT2D eigenvalue weighted by molar-refractivity contribution is 0.147. The molecule has 0 saturated carbocycles. The van der Waals surface area contributed by atoms with Crippen LogP contribution < -0.4 is 5.32 Å². The van der Waals surface area contributed by atoms with Gasteiger partial charge in [-0.25, -0.2) is 9.18 Å². The lowest BCUT2D eigenvalue weighted by Gasteiger charge is -2.36. The van der Waals surface area contributed by atoms with Crippen molar-refractivity contribution in [1.29, 1.82) is 0 Å². The van der Waals surface area contributed by atoms with Gasteiger partial charge in [-0.3, -0.25) is 4.90 Å². The van der Waals surface area contributed by atoms with E-state index in [1.54, 1.807) is 12.1 Å². The van der Waals surface area contributed by atoms with E-state index in [0.29, 0.717) is 11.6 Å². The molecule has 5 heteroatoms. The number of carbonyl (C=O) groups excluding carboxylic acids is 1. The van der Waals surface area contributed by atoms with E-state index in [1.807, 2.05) is 4.90 Å². The number of hydrogen-bond acceptors (Lipinski definition) is 2. The largest absolute Gasteiger partial charge is 0.325 e. The number of rotatable bonds is 3. The van der Waals surface area contributed by atoms with Gasteiger partial charge in [-0.1, -0.05) is 24.3 Å². The highest BCUT2D eigenvalue weighted by Gasteiger charge is 2.25. The minimum absolute atomic E-state index is 0.0908. The number of nitrogens with one attached hydrogen (secondary N) is 1. The van der Waals surface area contributed by atoms with Gasteiger partial charge in [0.2, 0.25) is 0 Å². The van der Waals surface area contributed by atoms with Crippen LogP contribution in [0.25, 0.3) is 0 Å². The van der Waals surface area contributed by atoms with Crippen LogP contribution in [-0.2, 0) is 13.0 Å². The van der Waals surface area contributed by atoms with Gasteiger partial charge in [-0.05, 0) is 60.6 Å². The number of halogens is 1. The van der Waals surface area contributed by atoms with Gasteiger partial charge >= 0.3 is 6.03 Å². The Labute approximate surface area is 160 Å². The third-order valence-corrected chi connectivity index (χ3v) is 5.72. The average molecular weight is 367 g/mol. The Morgan fingerprint density at radius 3 is 2.44 bits per heavy atom. The van der Waals surface area contributed by atoms with Gasteiger partial charge < -0.3 is 10.2 Å². The first-order valence-electron chi connectivity index (χ1n) is 9.78. The molecule has 0 unspecified atom stereocenters. The van der Waals surface area contributed by atoms with Crippen molar-refractivity contribution in [3.63, 3.8) is 0 Å². The molecule has 2 heterocycles. The number of benzene rings is 2. The van der Waals surface area contributed by atoms with Crippen LogP contribution in [0.5, 0.6) is 0 Å². The summed E-state index contributed by atoms with van der Waals surface area (Å²) in [4.78, 5) is 16.8. The van der Waals surface area contributed by atoms with Gasteiger partial charge in [-0.2, -0.15) is 0 Å². The van der Waals surface area contributed by atoms with Crippen LogP contribution in [0.3, 0.4) is 0 Å². The molecule has 27 heavy (non-hydrogen) atoms. The molecule has 1 N–H and O–H groups in total. The number of nitrogens with zero attached hydrogens (tertiary/aromatic N) is 2. The molecule has 2 amide bonds. The molecular weight excluding hydrogens is 341 g/mol. The van der Waals surface area contributed by atoms with E-state index in [1.165, 1.54) is 23.3 Å². The van der Waals surface area contributed by atoms with Crippen LogP contribution in [0.15, 0.2) is 48.5 Å². The number of carbonyl (C=O) groups is 1. The van der Waals surface area contributed by atoms with Gasteiger partial charge in [0.05, 0.1) is 0 Å². The van der Waals surface area contributed by atoms with Gasteiger partial charge in [-0.15, -0.1) is 0 Å². The summed E-state index contributed by atoms with van der Waals surface area (Å²) in [5.41, 5.74) is 3.58. The molecule has 2 aliphatic rings. The third-order valence-electron chi connectivity index (χ3n) is 5.72. The third kappa shape index (κ3) is 4.48. The summed E-state index contributed by atoms with van der Waals surface area (Å²) < 4.78 is 13.0. The SMILES string of the molecule is O=C(Nc1ccc(F)cc1)N1CCC(CN2CCc3ccccc3C2)CC1. The molecule has 2 aromatic rings. The van der Waals surface area contributed by atoms with Crippen molar-refractivity contribution in [3.8, 4) is 0 Å². The lowest BCUT2D eigenvalue weighted by atomic mass is 9.94. The van der Waals surface area contributed by atoms with Gasteiger partial charge in [0.1, 0.15) is 5.82 Å². The highest BCUT2D eigenvalue weighted by molar-refractivity contribution is 5.89. The molecule has 0 spiro atoms. The molecule has 2 aromatic carbocycles. The summed E-state index contributed by atoms with van der Waals surface area (Å²) in [7, 11) is 0. The number of likely N-dealkylation sites (tertiary alicyclic amines) is 1. The fourth-order valence-electron chi connectivity index (χ4n) is 4.13. The number of urea groups is 1. The minimum Gasteiger partial charge on any atom is -0.325 e. The predicted molar refractivity (Wildman–Crippen MR) is 105 cm³/mol. The number of piperidine rings is 1. The minimum atomic E-state index is -0.297. The van der Waals surface area contributed by atoms with Gasteiger partial charge in [0.25, 0.3) is 0 Å². The highest BCUT2D eigenvalue weighted by Crippen LogP contribution is 2.24. The van der Waals surface area contributed by atoms with E-state index >= 15 is 0 Å². The fourth-order valence-corrected chi connectivity index (χ4v) is 4.13. The molecule has 2 aliphatic heterocycles. The molecule has 1 saturated heterocycles. The molecular formula is C22H26FN3O. The molecule has 0 atom stereocenters. The van der Waals surface area contributed by atoms with Crippen LogP contribution in [0.1, 0.15) is 24.0 Å². The van der Waals surface area contributed by atoms with E-state index in [0.717, 1.165) is 52.0 Å². The molecule has 142 valence electrons. The molecule has 0 radical (unpaired) electrons. The maximum absolute atomic E-state index is 13.0. The van der Waals surface area contributed by atoms with Crippen LogP contribution in [0, 0.1) is 11.7 Å². The fraction of sp³-hybridized carbons (Fsp3) is 0.409. The molecule has 0 aliphatic carbocycles. The van der Waals surface area contributed by atoms with Crippen LogP contribution in [0.4, 0.5) is 14.9 Å². The number of amides is 2. The first kappa shape index (κ1) is 18.0. The smallest absolute Gasteiger partial charge is 0.321 e. The second-order valence-electron chi connectivity index (χ2n) is 7.62. The van der Waals surface area contributed by atoms with E-state index < -0.39 is 0 Å². The Morgan fingerprint density at radius 2 is 1.70 bits per heavy atom. The van der Waals surface area contributed by atoms with Crippen molar-refractivity contribution in [2.24, 2.45) is 5.92 Å². The van der Waals surface area contributed by atoms with E-state index in [4.69, 9.17) is 0 Å². The van der Waals surface area contributed by atoms with Crippen molar-refractivity contribution < 1.29 is 9.18 Å². The van der Waals surface area contributed by atoms with Crippen molar-refractivity contribution in [2.45, 2.75) is 25.8 Å². The standard InChI is InChI=1S/C22H26FN3O/c23-20-5-7-21(8-6-20)24-22(27)26-13-9-17(10-14-26)15-25-12-11-18-3-1-2-4-19(18)16-25/h1-8,17H,9-16H2,(H,24,27). The van der Waals surface area contributed by atoms with Crippen LogP contribution >= 0.6 is 0 Å². The Kier molecular flexibility index (Phi) is 5.39.